The molecule has 5 saturated heterocycles. The van der Waals surface area contributed by atoms with Gasteiger partial charge >= 0.3 is 5.97 Å². The molecule has 0 spiro atoms. The molecule has 5 rings (SSSR count). The van der Waals surface area contributed by atoms with Crippen LogP contribution in [0.2, 0.25) is 0 Å². The Kier molecular flexibility index (Phi) is 3.26. The van der Waals surface area contributed by atoms with Crippen LogP contribution in [0.15, 0.2) is 0 Å². The molecule has 5 aliphatic rings. The summed E-state index contributed by atoms with van der Waals surface area (Å²) in [4.78, 5) is 16.5. The van der Waals surface area contributed by atoms with Gasteiger partial charge in [0, 0.05) is 31.1 Å². The molecule has 4 heteroatoms. The van der Waals surface area contributed by atoms with Crippen molar-refractivity contribution in [1.82, 2.24) is 9.80 Å². The summed E-state index contributed by atoms with van der Waals surface area (Å²) in [5.41, 5.74) is 0. The van der Waals surface area contributed by atoms with Gasteiger partial charge in [0.2, 0.25) is 0 Å². The summed E-state index contributed by atoms with van der Waals surface area (Å²) in [5.74, 6) is 0.743. The highest BCUT2D eigenvalue weighted by Gasteiger charge is 2.48. The monoisotopic (exact) mass is 278 g/mol. The average Bonchev–Trinajstić information content (AvgIpc) is 2.71. The molecule has 1 N–H and O–H groups in total. The lowest BCUT2D eigenvalue weighted by Crippen LogP contribution is -2.61. The molecule has 5 heterocycles. The summed E-state index contributed by atoms with van der Waals surface area (Å²) in [7, 11) is 0. The highest BCUT2D eigenvalue weighted by atomic mass is 16.4. The molecule has 5 aliphatic heterocycles. The van der Waals surface area contributed by atoms with Crippen LogP contribution in [0.1, 0.15) is 44.9 Å². The number of carbonyl (C=O) groups is 1. The van der Waals surface area contributed by atoms with Crippen LogP contribution in [0, 0.1) is 11.8 Å². The predicted octanol–water partition coefficient (Wildman–Crippen LogP) is 1.80. The fourth-order valence-electron chi connectivity index (χ4n) is 5.55. The summed E-state index contributed by atoms with van der Waals surface area (Å²) in [6, 6.07) is 2.15. The van der Waals surface area contributed by atoms with Crippen LogP contribution >= 0.6 is 0 Å². The minimum Gasteiger partial charge on any atom is -0.481 e. The normalized spacial score (nSPS) is 47.6. The highest BCUT2D eigenvalue weighted by Crippen LogP contribution is 2.44. The van der Waals surface area contributed by atoms with Gasteiger partial charge in [-0.25, -0.2) is 0 Å². The average molecular weight is 278 g/mol. The molecule has 0 aromatic carbocycles. The fourth-order valence-corrected chi connectivity index (χ4v) is 5.55. The first kappa shape index (κ1) is 13.1. The molecule has 0 aromatic heterocycles. The zero-order valence-corrected chi connectivity index (χ0v) is 12.2. The minimum absolute atomic E-state index is 0.390. The summed E-state index contributed by atoms with van der Waals surface area (Å²) < 4.78 is 0. The number of nitrogens with zero attached hydrogens (tertiary/aromatic N) is 2. The van der Waals surface area contributed by atoms with Crippen molar-refractivity contribution in [1.29, 1.82) is 0 Å². The van der Waals surface area contributed by atoms with Crippen molar-refractivity contribution in [3.8, 4) is 0 Å². The second-order valence-electron chi connectivity index (χ2n) is 7.47. The zero-order chi connectivity index (χ0) is 13.7. The first-order valence-corrected chi connectivity index (χ1v) is 8.42. The molecule has 4 bridgehead atoms. The maximum absolute atomic E-state index is 11.0. The number of fused-ring (bicyclic) bond motifs is 6. The highest BCUT2D eigenvalue weighted by molar-refractivity contribution is 5.67. The van der Waals surface area contributed by atoms with E-state index in [2.05, 4.69) is 9.80 Å². The van der Waals surface area contributed by atoms with Gasteiger partial charge < -0.3 is 10.0 Å². The van der Waals surface area contributed by atoms with Crippen LogP contribution in [-0.2, 0) is 4.79 Å². The number of piperidine rings is 4. The Balaban J connectivity index is 1.47. The van der Waals surface area contributed by atoms with Gasteiger partial charge in [0.1, 0.15) is 0 Å². The molecular formula is C16H26N2O2. The van der Waals surface area contributed by atoms with E-state index in [0.717, 1.165) is 24.8 Å². The maximum Gasteiger partial charge on any atom is 0.303 e. The predicted molar refractivity (Wildman–Crippen MR) is 76.6 cm³/mol. The van der Waals surface area contributed by atoms with Crippen molar-refractivity contribution < 1.29 is 9.90 Å². The SMILES string of the molecule is O=C(O)CC1CC2CCC(C1)N2C1CN2CCC1CC2. The third-order valence-corrected chi connectivity index (χ3v) is 6.36. The van der Waals surface area contributed by atoms with Crippen LogP contribution in [0.5, 0.6) is 0 Å². The zero-order valence-electron chi connectivity index (χ0n) is 12.2. The molecule has 0 radical (unpaired) electrons. The smallest absolute Gasteiger partial charge is 0.303 e. The lowest BCUT2D eigenvalue weighted by Gasteiger charge is -2.53. The topological polar surface area (TPSA) is 43.8 Å². The minimum atomic E-state index is -0.606. The Morgan fingerprint density at radius 2 is 1.70 bits per heavy atom. The van der Waals surface area contributed by atoms with Gasteiger partial charge in [-0.2, -0.15) is 0 Å². The Labute approximate surface area is 121 Å². The Bertz CT molecular complexity index is 378. The van der Waals surface area contributed by atoms with Crippen LogP contribution in [0.3, 0.4) is 0 Å². The second-order valence-corrected chi connectivity index (χ2v) is 7.47. The largest absolute Gasteiger partial charge is 0.481 e. The van der Waals surface area contributed by atoms with Gasteiger partial charge in [-0.05, 0) is 63.5 Å². The molecular weight excluding hydrogens is 252 g/mol. The van der Waals surface area contributed by atoms with E-state index in [9.17, 15) is 4.79 Å². The van der Waals surface area contributed by atoms with Crippen molar-refractivity contribution in [2.24, 2.45) is 11.8 Å². The van der Waals surface area contributed by atoms with Gasteiger partial charge in [0.25, 0.3) is 0 Å². The Morgan fingerprint density at radius 1 is 1.05 bits per heavy atom. The quantitative estimate of drug-likeness (QED) is 0.855. The van der Waals surface area contributed by atoms with E-state index in [4.69, 9.17) is 5.11 Å². The molecule has 20 heavy (non-hydrogen) atoms. The van der Waals surface area contributed by atoms with E-state index in [-0.39, 0.29) is 0 Å². The molecule has 0 aromatic rings. The van der Waals surface area contributed by atoms with Crippen molar-refractivity contribution in [3.63, 3.8) is 0 Å². The van der Waals surface area contributed by atoms with Crippen LogP contribution in [-0.4, -0.2) is 58.6 Å². The summed E-state index contributed by atoms with van der Waals surface area (Å²) in [6.45, 7) is 3.90. The van der Waals surface area contributed by atoms with Crippen LogP contribution < -0.4 is 0 Å². The molecule has 0 amide bonds. The van der Waals surface area contributed by atoms with Gasteiger partial charge in [0.15, 0.2) is 0 Å². The van der Waals surface area contributed by atoms with Crippen molar-refractivity contribution in [2.45, 2.75) is 63.1 Å². The summed E-state index contributed by atoms with van der Waals surface area (Å²) >= 11 is 0. The number of hydrogen-bond donors (Lipinski definition) is 1. The Hall–Kier alpha value is -0.610. The Morgan fingerprint density at radius 3 is 2.20 bits per heavy atom. The van der Waals surface area contributed by atoms with Gasteiger partial charge in [-0.3, -0.25) is 9.69 Å². The van der Waals surface area contributed by atoms with E-state index in [1.54, 1.807) is 0 Å². The van der Waals surface area contributed by atoms with Crippen molar-refractivity contribution >= 4 is 5.97 Å². The molecule has 3 unspecified atom stereocenters. The van der Waals surface area contributed by atoms with Gasteiger partial charge in [-0.1, -0.05) is 0 Å². The number of aliphatic carboxylic acids is 1. The van der Waals surface area contributed by atoms with E-state index in [1.165, 1.54) is 45.3 Å². The van der Waals surface area contributed by atoms with E-state index in [1.807, 2.05) is 0 Å². The maximum atomic E-state index is 11.0. The lowest BCUT2D eigenvalue weighted by atomic mass is 9.79. The second kappa shape index (κ2) is 4.99. The van der Waals surface area contributed by atoms with Gasteiger partial charge in [-0.15, -0.1) is 0 Å². The number of carboxylic acids is 1. The van der Waals surface area contributed by atoms with Crippen LogP contribution in [0.25, 0.3) is 0 Å². The third kappa shape index (κ3) is 2.17. The number of rotatable bonds is 3. The molecule has 5 fully saturated rings. The summed E-state index contributed by atoms with van der Waals surface area (Å²) in [5, 5.41) is 9.04. The first-order chi connectivity index (χ1) is 9.70. The van der Waals surface area contributed by atoms with E-state index in [0.29, 0.717) is 24.4 Å². The third-order valence-electron chi connectivity index (χ3n) is 6.36. The van der Waals surface area contributed by atoms with E-state index < -0.39 is 5.97 Å². The lowest BCUT2D eigenvalue weighted by molar-refractivity contribution is -0.139. The molecule has 0 aliphatic carbocycles. The standard InChI is InChI=1S/C16H26N2O2/c19-16(20)9-11-7-13-1-2-14(8-11)18(13)15-10-17-5-3-12(15)4-6-17/h11-15H,1-10H2,(H,19,20). The van der Waals surface area contributed by atoms with Crippen molar-refractivity contribution in [2.75, 3.05) is 19.6 Å². The number of carboxylic acid groups (broad SMARTS) is 1. The van der Waals surface area contributed by atoms with E-state index >= 15 is 0 Å². The summed E-state index contributed by atoms with van der Waals surface area (Å²) in [6.07, 6.45) is 8.05. The molecule has 0 saturated carbocycles. The fraction of sp³-hybridized carbons (Fsp3) is 0.938. The van der Waals surface area contributed by atoms with Gasteiger partial charge in [0.05, 0.1) is 0 Å². The molecule has 3 atom stereocenters. The molecule has 4 nitrogen and oxygen atoms in total. The first-order valence-electron chi connectivity index (χ1n) is 8.42. The molecule has 112 valence electrons. The van der Waals surface area contributed by atoms with Crippen LogP contribution in [0.4, 0.5) is 0 Å². The number of hydrogen-bond acceptors (Lipinski definition) is 3. The van der Waals surface area contributed by atoms with Crippen molar-refractivity contribution in [3.05, 3.63) is 0 Å².